The van der Waals surface area contributed by atoms with Gasteiger partial charge in [-0.3, -0.25) is 9.59 Å². The number of nitrogens with one attached hydrogen (secondary N) is 1. The summed E-state index contributed by atoms with van der Waals surface area (Å²) in [6.07, 6.45) is 66.6. The zero-order chi connectivity index (χ0) is 62.4. The first-order chi connectivity index (χ1) is 42.2. The molecule has 0 aromatic carbocycles. The summed E-state index contributed by atoms with van der Waals surface area (Å²) in [6.45, 7) is 5.85. The van der Waals surface area contributed by atoms with Crippen molar-refractivity contribution in [3.05, 3.63) is 24.3 Å². The van der Waals surface area contributed by atoms with Crippen LogP contribution in [0.5, 0.6) is 0 Å². The highest BCUT2D eigenvalue weighted by Gasteiger charge is 2.47. The highest BCUT2D eigenvalue weighted by atomic mass is 16.7. The first-order valence-electron chi connectivity index (χ1n) is 37.6. The van der Waals surface area contributed by atoms with Gasteiger partial charge in [0, 0.05) is 6.42 Å². The Hall–Kier alpha value is -1.86. The van der Waals surface area contributed by atoms with Crippen LogP contribution in [0.2, 0.25) is 0 Å². The molecule has 0 bridgehead atoms. The fourth-order valence-electron chi connectivity index (χ4n) is 12.2. The van der Waals surface area contributed by atoms with Crippen molar-refractivity contribution in [3.63, 3.8) is 0 Å². The number of hydrogen-bond acceptors (Lipinski definition) is 10. The number of amides is 1. The van der Waals surface area contributed by atoms with Gasteiger partial charge in [0.1, 0.15) is 24.4 Å². The lowest BCUT2D eigenvalue weighted by atomic mass is 9.99. The third-order valence-electron chi connectivity index (χ3n) is 18.1. The fourth-order valence-corrected chi connectivity index (χ4v) is 12.2. The maximum atomic E-state index is 13.5. The van der Waals surface area contributed by atoms with E-state index in [4.69, 9.17) is 14.2 Å². The quantitative estimate of drug-likeness (QED) is 0.0195. The Bertz CT molecular complexity index is 1500. The minimum Gasteiger partial charge on any atom is -0.454 e. The van der Waals surface area contributed by atoms with Gasteiger partial charge in [-0.05, 0) is 51.4 Å². The molecular weight excluding hydrogens is 1070 g/mol. The Morgan fingerprint density at radius 3 is 1.13 bits per heavy atom. The van der Waals surface area contributed by atoms with E-state index in [0.29, 0.717) is 19.3 Å². The minimum absolute atomic E-state index is 0.126. The second-order valence-electron chi connectivity index (χ2n) is 26.4. The summed E-state index contributed by atoms with van der Waals surface area (Å²) in [4.78, 5) is 26.7. The highest BCUT2D eigenvalue weighted by Crippen LogP contribution is 2.27. The van der Waals surface area contributed by atoms with Crippen LogP contribution in [0.4, 0.5) is 0 Å². The Kier molecular flexibility index (Phi) is 60.5. The standard InChI is InChI=1S/C75H143NO10/c1-4-7-10-13-16-19-22-25-27-29-31-32-33-34-35-36-37-39-40-42-44-47-50-53-56-59-62-68(79)74(83)76-66(67(78)61-58-55-52-49-46-24-21-18-15-12-9-6-3)65-84-75-73(72(82)71(81)69(64-77)85-75)86-70(80)63-60-57-54-51-48-45-43-41-38-30-28-26-23-20-17-14-11-8-5-2/h26,28,58,61,66-69,71-73,75,77-79,81-82H,4-25,27,29-57,59-60,62-65H2,1-3H3,(H,76,83)/b28-26+,61-58+. The summed E-state index contributed by atoms with van der Waals surface area (Å²) < 4.78 is 17.7. The molecule has 6 N–H and O–H groups in total. The Balaban J connectivity index is 2.52. The van der Waals surface area contributed by atoms with Crippen LogP contribution in [0.15, 0.2) is 24.3 Å². The molecular formula is C75H143NO10. The van der Waals surface area contributed by atoms with Crippen molar-refractivity contribution in [1.82, 2.24) is 5.32 Å². The van der Waals surface area contributed by atoms with Crippen molar-refractivity contribution in [2.45, 2.75) is 429 Å². The number of aliphatic hydroxyl groups excluding tert-OH is 5. The van der Waals surface area contributed by atoms with Crippen LogP contribution < -0.4 is 5.32 Å². The number of allylic oxidation sites excluding steroid dienone is 3. The van der Waals surface area contributed by atoms with Gasteiger partial charge in [-0.2, -0.15) is 0 Å². The average Bonchev–Trinajstić information content (AvgIpc) is 3.01. The number of carbonyl (C=O) groups is 2. The molecule has 1 saturated heterocycles. The molecule has 0 aromatic rings. The van der Waals surface area contributed by atoms with Gasteiger partial charge in [-0.1, -0.05) is 347 Å². The summed E-state index contributed by atoms with van der Waals surface area (Å²) >= 11 is 0. The third-order valence-corrected chi connectivity index (χ3v) is 18.1. The number of unbranched alkanes of at least 4 members (excludes halogenated alkanes) is 50. The number of carbonyl (C=O) groups excluding carboxylic acids is 2. The number of esters is 1. The van der Waals surface area contributed by atoms with E-state index in [9.17, 15) is 35.1 Å². The first-order valence-corrected chi connectivity index (χ1v) is 37.6. The molecule has 1 aliphatic heterocycles. The molecule has 11 heteroatoms. The summed E-state index contributed by atoms with van der Waals surface area (Å²) in [5.41, 5.74) is 0. The van der Waals surface area contributed by atoms with Crippen molar-refractivity contribution in [2.75, 3.05) is 13.2 Å². The van der Waals surface area contributed by atoms with E-state index in [1.165, 1.54) is 276 Å². The molecule has 8 unspecified atom stereocenters. The van der Waals surface area contributed by atoms with Gasteiger partial charge in [0.2, 0.25) is 5.91 Å². The molecule has 86 heavy (non-hydrogen) atoms. The normalized spacial score (nSPS) is 18.3. The van der Waals surface area contributed by atoms with Crippen LogP contribution in [0.25, 0.3) is 0 Å². The second-order valence-corrected chi connectivity index (χ2v) is 26.4. The number of aliphatic hydroxyl groups is 5. The zero-order valence-electron chi connectivity index (χ0n) is 56.7. The predicted molar refractivity (Wildman–Crippen MR) is 361 cm³/mol. The van der Waals surface area contributed by atoms with Gasteiger partial charge in [0.05, 0.1) is 25.4 Å². The lowest BCUT2D eigenvalue weighted by Gasteiger charge is -2.41. The van der Waals surface area contributed by atoms with E-state index in [-0.39, 0.29) is 13.0 Å². The molecule has 0 saturated carbocycles. The van der Waals surface area contributed by atoms with E-state index in [1.54, 1.807) is 6.08 Å². The van der Waals surface area contributed by atoms with Crippen LogP contribution in [-0.2, 0) is 23.8 Å². The highest BCUT2D eigenvalue weighted by molar-refractivity contribution is 5.80. The maximum Gasteiger partial charge on any atom is 0.306 e. The third kappa shape index (κ3) is 49.9. The van der Waals surface area contributed by atoms with Crippen LogP contribution in [0.3, 0.4) is 0 Å². The van der Waals surface area contributed by atoms with E-state index in [2.05, 4.69) is 38.2 Å². The second kappa shape index (κ2) is 63.3. The van der Waals surface area contributed by atoms with Crippen LogP contribution in [0.1, 0.15) is 380 Å². The van der Waals surface area contributed by atoms with Crippen molar-refractivity contribution in [2.24, 2.45) is 0 Å². The van der Waals surface area contributed by atoms with Crippen molar-refractivity contribution >= 4 is 11.9 Å². The average molecular weight is 1220 g/mol. The van der Waals surface area contributed by atoms with Crippen molar-refractivity contribution in [3.8, 4) is 0 Å². The zero-order valence-corrected chi connectivity index (χ0v) is 56.7. The molecule has 1 heterocycles. The van der Waals surface area contributed by atoms with Gasteiger partial charge in [0.15, 0.2) is 12.4 Å². The summed E-state index contributed by atoms with van der Waals surface area (Å²) in [7, 11) is 0. The molecule has 0 aliphatic carbocycles. The fraction of sp³-hybridized carbons (Fsp3) is 0.920. The molecule has 11 nitrogen and oxygen atoms in total. The smallest absolute Gasteiger partial charge is 0.306 e. The Morgan fingerprint density at radius 2 is 0.767 bits per heavy atom. The summed E-state index contributed by atoms with van der Waals surface area (Å²) in [5.74, 6) is -1.18. The predicted octanol–water partition coefficient (Wildman–Crippen LogP) is 19.6. The molecule has 1 fully saturated rings. The van der Waals surface area contributed by atoms with Crippen LogP contribution >= 0.6 is 0 Å². The number of rotatable bonds is 66. The maximum absolute atomic E-state index is 13.5. The van der Waals surface area contributed by atoms with Gasteiger partial charge >= 0.3 is 5.97 Å². The monoisotopic (exact) mass is 1220 g/mol. The van der Waals surface area contributed by atoms with Crippen LogP contribution in [-0.4, -0.2) is 99.6 Å². The molecule has 1 amide bonds. The summed E-state index contributed by atoms with van der Waals surface area (Å²) in [5, 5.41) is 57.3. The SMILES string of the molecule is CCCCCCCC/C=C/CCCCCCCCCCCC(=O)OC1C(OCC(NC(=O)C(O)CCCCCCCCCCCCCCCCCCCCCCCCCCCC)C(O)/C=C/CCCCCCCCCCCC)OC(CO)C(O)C1O. The lowest BCUT2D eigenvalue weighted by Crippen LogP contribution is -2.61. The van der Waals surface area contributed by atoms with E-state index >= 15 is 0 Å². The van der Waals surface area contributed by atoms with E-state index in [0.717, 1.165) is 57.8 Å². The minimum atomic E-state index is -1.61. The largest absolute Gasteiger partial charge is 0.454 e. The molecule has 0 radical (unpaired) electrons. The van der Waals surface area contributed by atoms with Gasteiger partial charge in [-0.15, -0.1) is 0 Å². The number of ether oxygens (including phenoxy) is 3. The van der Waals surface area contributed by atoms with E-state index in [1.807, 2.05) is 6.08 Å². The van der Waals surface area contributed by atoms with Crippen LogP contribution in [0, 0.1) is 0 Å². The van der Waals surface area contributed by atoms with Gasteiger partial charge in [-0.25, -0.2) is 0 Å². The topological polar surface area (TPSA) is 175 Å². The Morgan fingerprint density at radius 1 is 0.442 bits per heavy atom. The Labute approximate surface area is 531 Å². The lowest BCUT2D eigenvalue weighted by molar-refractivity contribution is -0.305. The molecule has 1 aliphatic rings. The number of hydrogen-bond donors (Lipinski definition) is 6. The first kappa shape index (κ1) is 82.2. The van der Waals surface area contributed by atoms with Crippen molar-refractivity contribution in [1.29, 1.82) is 0 Å². The van der Waals surface area contributed by atoms with E-state index < -0.39 is 67.4 Å². The molecule has 8 atom stereocenters. The molecule has 0 aromatic heterocycles. The summed E-state index contributed by atoms with van der Waals surface area (Å²) in [6, 6.07) is -1.02. The molecule has 1 rings (SSSR count). The van der Waals surface area contributed by atoms with Gasteiger partial charge < -0.3 is 45.1 Å². The molecule has 0 spiro atoms. The van der Waals surface area contributed by atoms with Gasteiger partial charge in [0.25, 0.3) is 0 Å². The van der Waals surface area contributed by atoms with Crippen molar-refractivity contribution < 1.29 is 49.3 Å². The molecule has 508 valence electrons.